The standard InChI is InChI=1S/C15H19N3O2/c1-3-10(2)13(16)14(19)18-12-6-4-5-11(9-12)15-17-7-8-20-15/h4-10,13H,3,16H2,1-2H3,(H,18,19). The highest BCUT2D eigenvalue weighted by Gasteiger charge is 2.19. The molecule has 0 spiro atoms. The fraction of sp³-hybridized carbons (Fsp3) is 0.333. The molecule has 2 rings (SSSR count). The molecule has 1 aromatic heterocycles. The Labute approximate surface area is 118 Å². The van der Waals surface area contributed by atoms with Crippen LogP contribution in [0, 0.1) is 5.92 Å². The second kappa shape index (κ2) is 6.34. The van der Waals surface area contributed by atoms with Crippen molar-refractivity contribution in [2.75, 3.05) is 5.32 Å². The van der Waals surface area contributed by atoms with Crippen molar-refractivity contribution in [3.8, 4) is 11.5 Å². The van der Waals surface area contributed by atoms with Gasteiger partial charge in [-0.15, -0.1) is 0 Å². The van der Waals surface area contributed by atoms with Gasteiger partial charge in [-0.2, -0.15) is 0 Å². The highest BCUT2D eigenvalue weighted by atomic mass is 16.3. The molecule has 0 fully saturated rings. The molecule has 5 nitrogen and oxygen atoms in total. The van der Waals surface area contributed by atoms with Crippen molar-refractivity contribution in [3.05, 3.63) is 36.7 Å². The molecule has 0 bridgehead atoms. The lowest BCUT2D eigenvalue weighted by Gasteiger charge is -2.17. The number of anilines is 1. The van der Waals surface area contributed by atoms with Crippen molar-refractivity contribution in [1.82, 2.24) is 4.98 Å². The van der Waals surface area contributed by atoms with Crippen molar-refractivity contribution in [2.45, 2.75) is 26.3 Å². The zero-order valence-electron chi connectivity index (χ0n) is 11.7. The first-order valence-electron chi connectivity index (χ1n) is 6.68. The van der Waals surface area contributed by atoms with Gasteiger partial charge >= 0.3 is 0 Å². The lowest BCUT2D eigenvalue weighted by molar-refractivity contribution is -0.118. The Kier molecular flexibility index (Phi) is 4.53. The van der Waals surface area contributed by atoms with Gasteiger partial charge in [0.1, 0.15) is 6.26 Å². The van der Waals surface area contributed by atoms with E-state index in [-0.39, 0.29) is 11.8 Å². The van der Waals surface area contributed by atoms with Crippen LogP contribution in [0.25, 0.3) is 11.5 Å². The van der Waals surface area contributed by atoms with Gasteiger partial charge in [0.2, 0.25) is 11.8 Å². The van der Waals surface area contributed by atoms with Gasteiger partial charge in [-0.3, -0.25) is 4.79 Å². The van der Waals surface area contributed by atoms with Crippen molar-refractivity contribution in [3.63, 3.8) is 0 Å². The maximum atomic E-state index is 12.0. The topological polar surface area (TPSA) is 81.2 Å². The van der Waals surface area contributed by atoms with Gasteiger partial charge in [-0.05, 0) is 24.1 Å². The van der Waals surface area contributed by atoms with Crippen LogP contribution in [0.2, 0.25) is 0 Å². The van der Waals surface area contributed by atoms with Crippen LogP contribution in [0.1, 0.15) is 20.3 Å². The average molecular weight is 273 g/mol. The zero-order valence-corrected chi connectivity index (χ0v) is 11.7. The minimum absolute atomic E-state index is 0.143. The molecule has 2 aromatic rings. The van der Waals surface area contributed by atoms with Gasteiger partial charge in [-0.1, -0.05) is 26.3 Å². The van der Waals surface area contributed by atoms with Crippen LogP contribution in [0.4, 0.5) is 5.69 Å². The third kappa shape index (κ3) is 3.24. The van der Waals surface area contributed by atoms with Gasteiger partial charge in [0.05, 0.1) is 12.2 Å². The highest BCUT2D eigenvalue weighted by Crippen LogP contribution is 2.21. The average Bonchev–Trinajstić information content (AvgIpc) is 3.00. The van der Waals surface area contributed by atoms with Crippen molar-refractivity contribution < 1.29 is 9.21 Å². The minimum Gasteiger partial charge on any atom is -0.445 e. The number of aromatic nitrogens is 1. The van der Waals surface area contributed by atoms with Crippen LogP contribution >= 0.6 is 0 Å². The van der Waals surface area contributed by atoms with Crippen molar-refractivity contribution >= 4 is 11.6 Å². The predicted molar refractivity (Wildman–Crippen MR) is 78.0 cm³/mol. The molecule has 0 aliphatic rings. The number of hydrogen-bond acceptors (Lipinski definition) is 4. The van der Waals surface area contributed by atoms with E-state index in [2.05, 4.69) is 10.3 Å². The molecule has 0 saturated carbocycles. The molecule has 20 heavy (non-hydrogen) atoms. The van der Waals surface area contributed by atoms with E-state index >= 15 is 0 Å². The Morgan fingerprint density at radius 3 is 2.95 bits per heavy atom. The highest BCUT2D eigenvalue weighted by molar-refractivity contribution is 5.95. The van der Waals surface area contributed by atoms with Gasteiger partial charge in [-0.25, -0.2) is 4.98 Å². The fourth-order valence-corrected chi connectivity index (χ4v) is 1.83. The van der Waals surface area contributed by atoms with E-state index in [0.29, 0.717) is 11.6 Å². The Hall–Kier alpha value is -2.14. The second-order valence-corrected chi connectivity index (χ2v) is 4.82. The summed E-state index contributed by atoms with van der Waals surface area (Å²) < 4.78 is 5.23. The number of carbonyl (C=O) groups is 1. The summed E-state index contributed by atoms with van der Waals surface area (Å²) >= 11 is 0. The van der Waals surface area contributed by atoms with Gasteiger partial charge in [0.25, 0.3) is 0 Å². The third-order valence-corrected chi connectivity index (χ3v) is 3.37. The summed E-state index contributed by atoms with van der Waals surface area (Å²) in [5.74, 6) is 0.487. The Morgan fingerprint density at radius 1 is 1.50 bits per heavy atom. The number of benzene rings is 1. The molecule has 0 aliphatic carbocycles. The second-order valence-electron chi connectivity index (χ2n) is 4.82. The van der Waals surface area contributed by atoms with Gasteiger partial charge < -0.3 is 15.5 Å². The molecule has 2 unspecified atom stereocenters. The molecule has 0 radical (unpaired) electrons. The third-order valence-electron chi connectivity index (χ3n) is 3.37. The van der Waals surface area contributed by atoms with Crippen LogP contribution in [-0.2, 0) is 4.79 Å². The van der Waals surface area contributed by atoms with E-state index < -0.39 is 6.04 Å². The predicted octanol–water partition coefficient (Wildman–Crippen LogP) is 2.65. The molecular formula is C15H19N3O2. The first kappa shape index (κ1) is 14.3. The van der Waals surface area contributed by atoms with E-state index in [1.165, 1.54) is 6.26 Å². The van der Waals surface area contributed by atoms with Crippen LogP contribution in [0.3, 0.4) is 0 Å². The maximum absolute atomic E-state index is 12.0. The van der Waals surface area contributed by atoms with Gasteiger partial charge in [0, 0.05) is 11.3 Å². The molecule has 3 N–H and O–H groups in total. The quantitative estimate of drug-likeness (QED) is 0.877. The maximum Gasteiger partial charge on any atom is 0.241 e. The summed E-state index contributed by atoms with van der Waals surface area (Å²) in [6.07, 6.45) is 3.96. The smallest absolute Gasteiger partial charge is 0.241 e. The van der Waals surface area contributed by atoms with Gasteiger partial charge in [0.15, 0.2) is 0 Å². The van der Waals surface area contributed by atoms with E-state index in [0.717, 1.165) is 12.0 Å². The number of oxazole rings is 1. The van der Waals surface area contributed by atoms with E-state index in [9.17, 15) is 4.79 Å². The molecule has 0 saturated heterocycles. The summed E-state index contributed by atoms with van der Waals surface area (Å²) in [4.78, 5) is 16.1. The number of nitrogens with one attached hydrogen (secondary N) is 1. The van der Waals surface area contributed by atoms with Crippen LogP contribution in [0.5, 0.6) is 0 Å². The normalized spacial score (nSPS) is 13.8. The fourth-order valence-electron chi connectivity index (χ4n) is 1.83. The van der Waals surface area contributed by atoms with Crippen molar-refractivity contribution in [2.24, 2.45) is 11.7 Å². The SMILES string of the molecule is CCC(C)C(N)C(=O)Nc1cccc(-c2ncco2)c1. The largest absolute Gasteiger partial charge is 0.445 e. The summed E-state index contributed by atoms with van der Waals surface area (Å²) in [6, 6.07) is 6.83. The first-order chi connectivity index (χ1) is 9.61. The summed E-state index contributed by atoms with van der Waals surface area (Å²) in [6.45, 7) is 3.98. The van der Waals surface area contributed by atoms with Crippen molar-refractivity contribution in [1.29, 1.82) is 0 Å². The minimum atomic E-state index is -0.509. The molecule has 2 atom stereocenters. The lowest BCUT2D eigenvalue weighted by atomic mass is 9.99. The number of nitrogens with two attached hydrogens (primary N) is 1. The number of hydrogen-bond donors (Lipinski definition) is 2. The summed E-state index contributed by atoms with van der Waals surface area (Å²) in [5, 5.41) is 2.83. The molecule has 5 heteroatoms. The Balaban J connectivity index is 2.10. The molecule has 1 amide bonds. The molecule has 106 valence electrons. The molecule has 1 heterocycles. The lowest BCUT2D eigenvalue weighted by Crippen LogP contribution is -2.40. The first-order valence-corrected chi connectivity index (χ1v) is 6.68. The number of amides is 1. The summed E-state index contributed by atoms with van der Waals surface area (Å²) in [5.41, 5.74) is 7.40. The Morgan fingerprint density at radius 2 is 2.30 bits per heavy atom. The zero-order chi connectivity index (χ0) is 14.5. The van der Waals surface area contributed by atoms with Crippen LogP contribution in [-0.4, -0.2) is 16.9 Å². The monoisotopic (exact) mass is 273 g/mol. The molecular weight excluding hydrogens is 254 g/mol. The van der Waals surface area contributed by atoms with E-state index in [1.807, 2.05) is 38.1 Å². The Bertz CT molecular complexity index is 566. The number of rotatable bonds is 5. The molecule has 1 aromatic carbocycles. The van der Waals surface area contributed by atoms with E-state index in [1.54, 1.807) is 6.20 Å². The van der Waals surface area contributed by atoms with Crippen LogP contribution in [0.15, 0.2) is 41.1 Å². The number of carbonyl (C=O) groups excluding carboxylic acids is 1. The summed E-state index contributed by atoms with van der Waals surface area (Å²) in [7, 11) is 0. The number of nitrogens with zero attached hydrogens (tertiary/aromatic N) is 1. The van der Waals surface area contributed by atoms with E-state index in [4.69, 9.17) is 10.2 Å². The molecule has 0 aliphatic heterocycles. The van der Waals surface area contributed by atoms with Crippen LogP contribution < -0.4 is 11.1 Å².